The molecule has 32 heavy (non-hydrogen) atoms. The summed E-state index contributed by atoms with van der Waals surface area (Å²) in [6, 6.07) is -2.67. The highest BCUT2D eigenvalue weighted by molar-refractivity contribution is 5.93. The number of carboxylic acid groups (broad SMARTS) is 1. The van der Waals surface area contributed by atoms with Crippen LogP contribution in [0.25, 0.3) is 0 Å². The summed E-state index contributed by atoms with van der Waals surface area (Å²) in [7, 11) is 0. The van der Waals surface area contributed by atoms with Gasteiger partial charge < -0.3 is 37.4 Å². The van der Waals surface area contributed by atoms with E-state index in [0.29, 0.717) is 45.2 Å². The number of carbonyl (C=O) groups is 5. The van der Waals surface area contributed by atoms with E-state index >= 15 is 0 Å². The molecule has 1 rings (SSSR count). The third-order valence-corrected chi connectivity index (χ3v) is 5.28. The predicted octanol–water partition coefficient (Wildman–Crippen LogP) is -2.11. The maximum Gasteiger partial charge on any atom is 0.326 e. The highest BCUT2D eigenvalue weighted by atomic mass is 16.4. The van der Waals surface area contributed by atoms with Gasteiger partial charge in [-0.25, -0.2) is 4.79 Å². The molecule has 0 bridgehead atoms. The highest BCUT2D eigenvalue weighted by Gasteiger charge is 2.38. The Labute approximate surface area is 187 Å². The second kappa shape index (κ2) is 13.6. The van der Waals surface area contributed by atoms with Crippen molar-refractivity contribution in [2.75, 3.05) is 26.2 Å². The molecule has 0 aromatic heterocycles. The molecule has 12 heteroatoms. The van der Waals surface area contributed by atoms with E-state index in [-0.39, 0.29) is 12.5 Å². The average Bonchev–Trinajstić information content (AvgIpc) is 3.24. The maximum atomic E-state index is 12.9. The molecule has 0 aromatic rings. The van der Waals surface area contributed by atoms with Gasteiger partial charge >= 0.3 is 5.97 Å². The van der Waals surface area contributed by atoms with Crippen molar-refractivity contribution in [2.45, 2.75) is 64.1 Å². The minimum Gasteiger partial charge on any atom is -0.480 e. The van der Waals surface area contributed by atoms with Crippen LogP contribution in [0.5, 0.6) is 0 Å². The Kier molecular flexibility index (Phi) is 11.6. The summed E-state index contributed by atoms with van der Waals surface area (Å²) < 4.78 is 0. The van der Waals surface area contributed by atoms with Gasteiger partial charge in [0, 0.05) is 6.54 Å². The molecule has 1 aliphatic rings. The van der Waals surface area contributed by atoms with Crippen LogP contribution in [0.1, 0.15) is 46.0 Å². The Morgan fingerprint density at radius 2 is 1.75 bits per heavy atom. The molecular weight excluding hydrogens is 420 g/mol. The normalized spacial score (nSPS) is 17.5. The SMILES string of the molecule is CC(C)C(NC(=O)CNC(=O)C(CCCCN)NC(=O)CN)C(=O)N1CCCC1C(=O)O. The van der Waals surface area contributed by atoms with Crippen LogP contribution in [0.2, 0.25) is 0 Å². The average molecular weight is 457 g/mol. The number of hydrogen-bond donors (Lipinski definition) is 6. The van der Waals surface area contributed by atoms with Crippen LogP contribution >= 0.6 is 0 Å². The number of nitrogens with one attached hydrogen (secondary N) is 3. The van der Waals surface area contributed by atoms with E-state index in [1.165, 1.54) is 4.90 Å². The van der Waals surface area contributed by atoms with E-state index in [4.69, 9.17) is 11.5 Å². The number of likely N-dealkylation sites (tertiary alicyclic amines) is 1. The van der Waals surface area contributed by atoms with Gasteiger partial charge in [0.2, 0.25) is 23.6 Å². The van der Waals surface area contributed by atoms with Crippen LogP contribution in [-0.4, -0.2) is 83.9 Å². The Bertz CT molecular complexity index is 685. The third kappa shape index (κ3) is 8.42. The molecule has 4 amide bonds. The van der Waals surface area contributed by atoms with E-state index in [0.717, 1.165) is 0 Å². The lowest BCUT2D eigenvalue weighted by Crippen LogP contribution is -2.56. The van der Waals surface area contributed by atoms with Crippen LogP contribution < -0.4 is 27.4 Å². The van der Waals surface area contributed by atoms with Gasteiger partial charge in [0.1, 0.15) is 18.1 Å². The van der Waals surface area contributed by atoms with Gasteiger partial charge in [-0.2, -0.15) is 0 Å². The topological polar surface area (TPSA) is 197 Å². The zero-order valence-corrected chi connectivity index (χ0v) is 18.8. The fraction of sp³-hybridized carbons (Fsp3) is 0.750. The largest absolute Gasteiger partial charge is 0.480 e. The van der Waals surface area contributed by atoms with Crippen LogP contribution in [0.4, 0.5) is 0 Å². The molecule has 8 N–H and O–H groups in total. The van der Waals surface area contributed by atoms with E-state index in [9.17, 15) is 29.1 Å². The maximum absolute atomic E-state index is 12.9. The van der Waals surface area contributed by atoms with Gasteiger partial charge in [0.25, 0.3) is 0 Å². The molecule has 182 valence electrons. The minimum atomic E-state index is -1.07. The lowest BCUT2D eigenvalue weighted by Gasteiger charge is -2.29. The van der Waals surface area contributed by atoms with Crippen molar-refractivity contribution in [3.8, 4) is 0 Å². The molecule has 3 unspecified atom stereocenters. The molecule has 0 aromatic carbocycles. The van der Waals surface area contributed by atoms with Crippen LogP contribution in [0, 0.1) is 5.92 Å². The number of rotatable bonds is 13. The van der Waals surface area contributed by atoms with Crippen molar-refractivity contribution in [1.82, 2.24) is 20.9 Å². The first kappa shape index (κ1) is 27.3. The zero-order chi connectivity index (χ0) is 24.3. The molecule has 3 atom stereocenters. The lowest BCUT2D eigenvalue weighted by molar-refractivity contribution is -0.150. The molecule has 0 aliphatic carbocycles. The summed E-state index contributed by atoms with van der Waals surface area (Å²) in [4.78, 5) is 62.0. The number of carbonyl (C=O) groups excluding carboxylic acids is 4. The Balaban J connectivity index is 2.69. The second-order valence-electron chi connectivity index (χ2n) is 8.14. The summed E-state index contributed by atoms with van der Waals surface area (Å²) in [6.45, 7) is 3.58. The summed E-state index contributed by atoms with van der Waals surface area (Å²) in [6.07, 6.45) is 2.58. The molecule has 0 saturated carbocycles. The number of carboxylic acids is 1. The van der Waals surface area contributed by atoms with Crippen molar-refractivity contribution >= 4 is 29.6 Å². The molecule has 1 fully saturated rings. The smallest absolute Gasteiger partial charge is 0.326 e. The first-order chi connectivity index (χ1) is 15.1. The fourth-order valence-corrected chi connectivity index (χ4v) is 3.51. The van der Waals surface area contributed by atoms with Crippen molar-refractivity contribution < 1.29 is 29.1 Å². The van der Waals surface area contributed by atoms with Crippen molar-refractivity contribution in [3.63, 3.8) is 0 Å². The van der Waals surface area contributed by atoms with Gasteiger partial charge in [-0.05, 0) is 44.6 Å². The number of unbranched alkanes of at least 4 members (excludes halogenated alkanes) is 1. The first-order valence-electron chi connectivity index (χ1n) is 10.9. The number of aliphatic carboxylic acids is 1. The highest BCUT2D eigenvalue weighted by Crippen LogP contribution is 2.20. The fourth-order valence-electron chi connectivity index (χ4n) is 3.51. The quantitative estimate of drug-likeness (QED) is 0.169. The van der Waals surface area contributed by atoms with E-state index in [1.54, 1.807) is 13.8 Å². The standard InChI is InChI=1S/C20H36N6O6/c1-12(2)17(19(30)26-9-5-7-14(26)20(31)32)25-16(28)11-23-18(29)13(6-3-4-8-21)24-15(27)10-22/h12-14,17H,3-11,21-22H2,1-2H3,(H,23,29)(H,24,27)(H,25,28)(H,31,32). The first-order valence-corrected chi connectivity index (χ1v) is 10.9. The Morgan fingerprint density at radius 3 is 2.31 bits per heavy atom. The van der Waals surface area contributed by atoms with E-state index in [2.05, 4.69) is 16.0 Å². The molecule has 1 heterocycles. The number of nitrogens with two attached hydrogens (primary N) is 2. The van der Waals surface area contributed by atoms with Crippen molar-refractivity contribution in [1.29, 1.82) is 0 Å². The van der Waals surface area contributed by atoms with E-state index < -0.39 is 54.3 Å². The predicted molar refractivity (Wildman–Crippen MR) is 116 cm³/mol. The molecule has 1 aliphatic heterocycles. The van der Waals surface area contributed by atoms with E-state index in [1.807, 2.05) is 0 Å². The summed E-state index contributed by atoms with van der Waals surface area (Å²) in [5.41, 5.74) is 10.7. The third-order valence-electron chi connectivity index (χ3n) is 5.28. The molecule has 1 saturated heterocycles. The van der Waals surface area contributed by atoms with Crippen LogP contribution in [0.15, 0.2) is 0 Å². The Hall–Kier alpha value is -2.73. The monoisotopic (exact) mass is 456 g/mol. The van der Waals surface area contributed by atoms with Gasteiger partial charge in [0.05, 0.1) is 13.1 Å². The minimum absolute atomic E-state index is 0.271. The number of nitrogens with zero attached hydrogens (tertiary/aromatic N) is 1. The molecule has 12 nitrogen and oxygen atoms in total. The van der Waals surface area contributed by atoms with Gasteiger partial charge in [-0.3, -0.25) is 19.2 Å². The second-order valence-corrected chi connectivity index (χ2v) is 8.14. The van der Waals surface area contributed by atoms with Gasteiger partial charge in [-0.1, -0.05) is 13.8 Å². The van der Waals surface area contributed by atoms with Crippen LogP contribution in [0.3, 0.4) is 0 Å². The summed E-state index contributed by atoms with van der Waals surface area (Å²) in [5.74, 6) is -3.45. The van der Waals surface area contributed by atoms with Crippen molar-refractivity contribution in [3.05, 3.63) is 0 Å². The van der Waals surface area contributed by atoms with Crippen molar-refractivity contribution in [2.24, 2.45) is 17.4 Å². The van der Waals surface area contributed by atoms with Gasteiger partial charge in [0.15, 0.2) is 0 Å². The zero-order valence-electron chi connectivity index (χ0n) is 18.8. The summed E-state index contributed by atoms with van der Waals surface area (Å²) >= 11 is 0. The molecule has 0 spiro atoms. The number of hydrogen-bond acceptors (Lipinski definition) is 7. The molecule has 0 radical (unpaired) electrons. The van der Waals surface area contributed by atoms with Crippen LogP contribution in [-0.2, 0) is 24.0 Å². The molecular formula is C20H36N6O6. The van der Waals surface area contributed by atoms with Gasteiger partial charge in [-0.15, -0.1) is 0 Å². The number of amides is 4. The lowest BCUT2D eigenvalue weighted by atomic mass is 10.0. The Morgan fingerprint density at radius 1 is 1.06 bits per heavy atom. The summed E-state index contributed by atoms with van der Waals surface area (Å²) in [5, 5.41) is 16.9.